The molecule has 6 nitrogen and oxygen atoms in total. The number of rotatable bonds is 4. The van der Waals surface area contributed by atoms with Crippen LogP contribution in [0.1, 0.15) is 38.3 Å². The van der Waals surface area contributed by atoms with Gasteiger partial charge in [-0.15, -0.1) is 0 Å². The SMILES string of the molecule is COC(C)(C)C(=O)N1CCCC(c2ccc(-c3ccc(N)nc3)cn2)C1. The molecular formula is C20H26N4O2. The summed E-state index contributed by atoms with van der Waals surface area (Å²) in [6.07, 6.45) is 5.62. The molecule has 0 aromatic carbocycles. The van der Waals surface area contributed by atoms with Gasteiger partial charge >= 0.3 is 0 Å². The average molecular weight is 354 g/mol. The molecule has 0 aliphatic carbocycles. The Bertz CT molecular complexity index is 756. The van der Waals surface area contributed by atoms with E-state index in [1.165, 1.54) is 0 Å². The van der Waals surface area contributed by atoms with E-state index >= 15 is 0 Å². The summed E-state index contributed by atoms with van der Waals surface area (Å²) in [5, 5.41) is 0. The molecule has 2 aromatic rings. The third kappa shape index (κ3) is 3.85. The Labute approximate surface area is 154 Å². The highest BCUT2D eigenvalue weighted by Gasteiger charge is 2.35. The number of piperidine rings is 1. The van der Waals surface area contributed by atoms with Crippen LogP contribution in [-0.2, 0) is 9.53 Å². The van der Waals surface area contributed by atoms with Gasteiger partial charge < -0.3 is 15.4 Å². The number of hydrogen-bond acceptors (Lipinski definition) is 5. The number of nitrogens with zero attached hydrogens (tertiary/aromatic N) is 3. The molecule has 26 heavy (non-hydrogen) atoms. The van der Waals surface area contributed by atoms with Crippen LogP contribution in [0.4, 0.5) is 5.82 Å². The van der Waals surface area contributed by atoms with Crippen LogP contribution in [0.2, 0.25) is 0 Å². The van der Waals surface area contributed by atoms with Crippen molar-refractivity contribution in [2.75, 3.05) is 25.9 Å². The molecule has 1 aliphatic heterocycles. The minimum absolute atomic E-state index is 0.0364. The number of likely N-dealkylation sites (tertiary alicyclic amines) is 1. The Morgan fingerprint density at radius 1 is 1.19 bits per heavy atom. The summed E-state index contributed by atoms with van der Waals surface area (Å²) in [5.41, 5.74) is 7.86. The zero-order valence-electron chi connectivity index (χ0n) is 15.6. The Morgan fingerprint density at radius 3 is 2.46 bits per heavy atom. The second-order valence-corrected chi connectivity index (χ2v) is 7.25. The first-order valence-electron chi connectivity index (χ1n) is 8.93. The molecule has 1 atom stereocenters. The summed E-state index contributed by atoms with van der Waals surface area (Å²) in [6.45, 7) is 5.08. The molecule has 1 saturated heterocycles. The standard InChI is InChI=1S/C20H26N4O2/c1-20(2,26-3)19(25)24-10-4-5-16(13-24)17-8-6-14(11-22-17)15-7-9-18(21)23-12-15/h6-9,11-12,16H,4-5,10,13H2,1-3H3,(H2,21,23). The highest BCUT2D eigenvalue weighted by molar-refractivity contribution is 5.84. The third-order valence-corrected chi connectivity index (χ3v) is 5.06. The highest BCUT2D eigenvalue weighted by atomic mass is 16.5. The maximum atomic E-state index is 12.7. The number of pyridine rings is 2. The molecule has 0 spiro atoms. The van der Waals surface area contributed by atoms with Gasteiger partial charge in [-0.25, -0.2) is 4.98 Å². The summed E-state index contributed by atoms with van der Waals surface area (Å²) < 4.78 is 5.35. The average Bonchev–Trinajstić information content (AvgIpc) is 2.68. The number of ether oxygens (including phenoxy) is 1. The second kappa shape index (κ2) is 7.41. The van der Waals surface area contributed by atoms with Crippen LogP contribution in [0.25, 0.3) is 11.1 Å². The Morgan fingerprint density at radius 2 is 1.88 bits per heavy atom. The van der Waals surface area contributed by atoms with Gasteiger partial charge in [0, 0.05) is 55.3 Å². The number of anilines is 1. The largest absolute Gasteiger partial charge is 0.384 e. The van der Waals surface area contributed by atoms with Gasteiger partial charge in [-0.3, -0.25) is 9.78 Å². The number of amides is 1. The van der Waals surface area contributed by atoms with Crippen LogP contribution in [0.15, 0.2) is 36.7 Å². The lowest BCUT2D eigenvalue weighted by atomic mass is 9.92. The molecule has 1 amide bonds. The number of nitrogen functional groups attached to an aromatic ring is 1. The highest BCUT2D eigenvalue weighted by Crippen LogP contribution is 2.29. The van der Waals surface area contributed by atoms with Crippen molar-refractivity contribution >= 4 is 11.7 Å². The van der Waals surface area contributed by atoms with Crippen molar-refractivity contribution in [3.63, 3.8) is 0 Å². The van der Waals surface area contributed by atoms with Crippen LogP contribution in [0.5, 0.6) is 0 Å². The van der Waals surface area contributed by atoms with Gasteiger partial charge in [0.05, 0.1) is 0 Å². The van der Waals surface area contributed by atoms with Crippen molar-refractivity contribution in [2.24, 2.45) is 0 Å². The van der Waals surface area contributed by atoms with Gasteiger partial charge in [-0.1, -0.05) is 6.07 Å². The van der Waals surface area contributed by atoms with Crippen molar-refractivity contribution in [2.45, 2.75) is 38.2 Å². The fourth-order valence-corrected chi connectivity index (χ4v) is 3.26. The lowest BCUT2D eigenvalue weighted by Gasteiger charge is -2.36. The molecule has 138 valence electrons. The van der Waals surface area contributed by atoms with Crippen molar-refractivity contribution in [3.05, 3.63) is 42.4 Å². The summed E-state index contributed by atoms with van der Waals surface area (Å²) in [7, 11) is 1.58. The van der Waals surface area contributed by atoms with E-state index in [1.54, 1.807) is 19.4 Å². The zero-order valence-corrected chi connectivity index (χ0v) is 15.6. The molecule has 2 aromatic heterocycles. The molecule has 0 saturated carbocycles. The van der Waals surface area contributed by atoms with Crippen LogP contribution in [0, 0.1) is 0 Å². The number of carbonyl (C=O) groups excluding carboxylic acids is 1. The lowest BCUT2D eigenvalue weighted by molar-refractivity contribution is -0.152. The molecule has 1 unspecified atom stereocenters. The lowest BCUT2D eigenvalue weighted by Crippen LogP contribution is -2.49. The van der Waals surface area contributed by atoms with Crippen LogP contribution >= 0.6 is 0 Å². The molecular weight excluding hydrogens is 328 g/mol. The monoisotopic (exact) mass is 354 g/mol. The predicted molar refractivity (Wildman–Crippen MR) is 102 cm³/mol. The van der Waals surface area contributed by atoms with E-state index < -0.39 is 5.60 Å². The Hall–Kier alpha value is -2.47. The smallest absolute Gasteiger partial charge is 0.254 e. The number of hydrogen-bond donors (Lipinski definition) is 1. The van der Waals surface area contributed by atoms with Gasteiger partial charge in [0.25, 0.3) is 5.91 Å². The van der Waals surface area contributed by atoms with Gasteiger partial charge in [0.2, 0.25) is 0 Å². The molecule has 1 aliphatic rings. The first-order valence-corrected chi connectivity index (χ1v) is 8.93. The van der Waals surface area contributed by atoms with E-state index in [0.29, 0.717) is 12.4 Å². The second-order valence-electron chi connectivity index (χ2n) is 7.25. The molecule has 1 fully saturated rings. The van der Waals surface area contributed by atoms with Gasteiger partial charge in [-0.05, 0) is 44.9 Å². The number of aromatic nitrogens is 2. The first kappa shape index (κ1) is 18.3. The quantitative estimate of drug-likeness (QED) is 0.913. The molecule has 3 heterocycles. The van der Waals surface area contributed by atoms with Gasteiger partial charge in [-0.2, -0.15) is 0 Å². The number of carbonyl (C=O) groups is 1. The van der Waals surface area contributed by atoms with E-state index in [9.17, 15) is 4.79 Å². The van der Waals surface area contributed by atoms with E-state index in [2.05, 4.69) is 16.0 Å². The molecule has 6 heteroatoms. The minimum Gasteiger partial charge on any atom is -0.384 e. The third-order valence-electron chi connectivity index (χ3n) is 5.06. The van der Waals surface area contributed by atoms with Crippen LogP contribution in [-0.4, -0.2) is 46.6 Å². The van der Waals surface area contributed by atoms with Crippen LogP contribution < -0.4 is 5.73 Å². The van der Waals surface area contributed by atoms with Crippen molar-refractivity contribution in [1.82, 2.24) is 14.9 Å². The van der Waals surface area contributed by atoms with Crippen molar-refractivity contribution in [1.29, 1.82) is 0 Å². The maximum absolute atomic E-state index is 12.7. The van der Waals surface area contributed by atoms with Gasteiger partial charge in [0.1, 0.15) is 11.4 Å². The van der Waals surface area contributed by atoms with Crippen LogP contribution in [0.3, 0.4) is 0 Å². The molecule has 3 rings (SSSR count). The van der Waals surface area contributed by atoms with E-state index in [1.807, 2.05) is 37.1 Å². The molecule has 0 bridgehead atoms. The summed E-state index contributed by atoms with van der Waals surface area (Å²) in [6, 6.07) is 7.82. The Kier molecular flexibility index (Phi) is 5.23. The van der Waals surface area contributed by atoms with Gasteiger partial charge in [0.15, 0.2) is 0 Å². The summed E-state index contributed by atoms with van der Waals surface area (Å²) >= 11 is 0. The normalized spacial score (nSPS) is 18.0. The number of nitrogens with two attached hydrogens (primary N) is 1. The van der Waals surface area contributed by atoms with E-state index in [-0.39, 0.29) is 11.8 Å². The molecule has 2 N–H and O–H groups in total. The fraction of sp³-hybridized carbons (Fsp3) is 0.450. The minimum atomic E-state index is -0.790. The first-order chi connectivity index (χ1) is 12.4. The fourth-order valence-electron chi connectivity index (χ4n) is 3.26. The maximum Gasteiger partial charge on any atom is 0.254 e. The zero-order chi connectivity index (χ0) is 18.7. The van der Waals surface area contributed by atoms with Crippen molar-refractivity contribution in [3.8, 4) is 11.1 Å². The topological polar surface area (TPSA) is 81.3 Å². The predicted octanol–water partition coefficient (Wildman–Crippen LogP) is 2.86. The summed E-state index contributed by atoms with van der Waals surface area (Å²) in [5.74, 6) is 0.789. The molecule has 0 radical (unpaired) electrons. The van der Waals surface area contributed by atoms with E-state index in [4.69, 9.17) is 10.5 Å². The number of methoxy groups -OCH3 is 1. The Balaban J connectivity index is 1.72. The van der Waals surface area contributed by atoms with E-state index in [0.717, 1.165) is 36.2 Å². The summed E-state index contributed by atoms with van der Waals surface area (Å²) in [4.78, 5) is 23.3. The van der Waals surface area contributed by atoms with Crippen molar-refractivity contribution < 1.29 is 9.53 Å².